The van der Waals surface area contributed by atoms with Crippen LogP contribution in [0.15, 0.2) is 18.3 Å². The van der Waals surface area contributed by atoms with Crippen molar-refractivity contribution in [2.24, 2.45) is 5.92 Å². The van der Waals surface area contributed by atoms with Crippen molar-refractivity contribution in [3.05, 3.63) is 23.9 Å². The molecule has 1 aliphatic heterocycles. The molecule has 1 aliphatic rings. The van der Waals surface area contributed by atoms with Crippen LogP contribution in [0.4, 0.5) is 19.0 Å². The van der Waals surface area contributed by atoms with Gasteiger partial charge in [0, 0.05) is 38.9 Å². The Morgan fingerprint density at radius 3 is 2.44 bits per heavy atom. The maximum atomic E-state index is 12.6. The number of anilines is 1. The van der Waals surface area contributed by atoms with Crippen molar-refractivity contribution >= 4 is 11.7 Å². The number of halogens is 3. The fourth-order valence-corrected chi connectivity index (χ4v) is 2.64. The number of aromatic nitrogens is 1. The molecule has 1 amide bonds. The average Bonchev–Trinajstić information content (AvgIpc) is 2.54. The lowest BCUT2D eigenvalue weighted by Gasteiger charge is -2.35. The molecule has 2 heterocycles. The van der Waals surface area contributed by atoms with Crippen molar-refractivity contribution in [2.75, 3.05) is 44.2 Å². The molecule has 1 fully saturated rings. The van der Waals surface area contributed by atoms with Crippen LogP contribution in [-0.2, 0) is 11.0 Å². The lowest BCUT2D eigenvalue weighted by Crippen LogP contribution is -2.49. The van der Waals surface area contributed by atoms with Gasteiger partial charge in [-0.3, -0.25) is 9.69 Å². The van der Waals surface area contributed by atoms with Gasteiger partial charge in [0.05, 0.1) is 12.1 Å². The summed E-state index contributed by atoms with van der Waals surface area (Å²) < 4.78 is 37.7. The maximum absolute atomic E-state index is 12.6. The summed E-state index contributed by atoms with van der Waals surface area (Å²) in [6.45, 7) is 7.90. The molecule has 1 aromatic rings. The molecule has 0 spiro atoms. The number of carbonyl (C=O) groups is 1. The highest BCUT2D eigenvalue weighted by Gasteiger charge is 2.31. The van der Waals surface area contributed by atoms with Gasteiger partial charge in [0.2, 0.25) is 5.91 Å². The summed E-state index contributed by atoms with van der Waals surface area (Å²) in [5.74, 6) is 1.11. The van der Waals surface area contributed by atoms with E-state index >= 15 is 0 Å². The minimum absolute atomic E-state index is 0.0155. The highest BCUT2D eigenvalue weighted by Crippen LogP contribution is 2.29. The largest absolute Gasteiger partial charge is 0.417 e. The summed E-state index contributed by atoms with van der Waals surface area (Å²) in [4.78, 5) is 19.8. The molecule has 0 radical (unpaired) electrons. The summed E-state index contributed by atoms with van der Waals surface area (Å²) in [6, 6.07) is 2.45. The zero-order chi connectivity index (χ0) is 18.4. The van der Waals surface area contributed by atoms with Crippen LogP contribution in [-0.4, -0.2) is 55.1 Å². The lowest BCUT2D eigenvalue weighted by atomic mass is 10.1. The number of alkyl halides is 3. The van der Waals surface area contributed by atoms with Crippen LogP contribution in [0.2, 0.25) is 0 Å². The number of amides is 1. The Bertz CT molecular complexity index is 552. The third kappa shape index (κ3) is 6.19. The van der Waals surface area contributed by atoms with Crippen molar-refractivity contribution in [3.8, 4) is 0 Å². The molecular formula is C17H25F3N4O. The van der Waals surface area contributed by atoms with Crippen molar-refractivity contribution < 1.29 is 18.0 Å². The van der Waals surface area contributed by atoms with Crippen LogP contribution in [0.25, 0.3) is 0 Å². The van der Waals surface area contributed by atoms with Crippen LogP contribution in [0.3, 0.4) is 0 Å². The Hall–Kier alpha value is -1.83. The number of carbonyl (C=O) groups excluding carboxylic acids is 1. The highest BCUT2D eigenvalue weighted by atomic mass is 19.4. The monoisotopic (exact) mass is 358 g/mol. The summed E-state index contributed by atoms with van der Waals surface area (Å²) in [6.07, 6.45) is -2.55. The van der Waals surface area contributed by atoms with Gasteiger partial charge in [-0.15, -0.1) is 0 Å². The fraction of sp³-hybridized carbons (Fsp3) is 0.647. The average molecular weight is 358 g/mol. The molecule has 25 heavy (non-hydrogen) atoms. The van der Waals surface area contributed by atoms with Gasteiger partial charge in [-0.05, 0) is 24.5 Å². The molecule has 0 saturated carbocycles. The van der Waals surface area contributed by atoms with Gasteiger partial charge >= 0.3 is 6.18 Å². The van der Waals surface area contributed by atoms with E-state index in [4.69, 9.17) is 0 Å². The number of pyridine rings is 1. The Balaban J connectivity index is 1.76. The SMILES string of the molecule is CC(C)CCNC(=O)CN1CCN(c2ccc(C(F)(F)F)cn2)CC1. The van der Waals surface area contributed by atoms with Gasteiger partial charge in [0.15, 0.2) is 0 Å². The van der Waals surface area contributed by atoms with E-state index in [1.165, 1.54) is 6.07 Å². The Kier molecular flexibility index (Phi) is 6.64. The summed E-state index contributed by atoms with van der Waals surface area (Å²) in [5.41, 5.74) is -0.743. The maximum Gasteiger partial charge on any atom is 0.417 e. The van der Waals surface area contributed by atoms with E-state index in [1.54, 1.807) is 0 Å². The Morgan fingerprint density at radius 2 is 1.92 bits per heavy atom. The molecule has 0 bridgehead atoms. The van der Waals surface area contributed by atoms with E-state index in [-0.39, 0.29) is 5.91 Å². The predicted molar refractivity (Wildman–Crippen MR) is 90.4 cm³/mol. The molecule has 2 rings (SSSR count). The quantitative estimate of drug-likeness (QED) is 0.848. The number of piperazine rings is 1. The molecule has 1 N–H and O–H groups in total. The molecule has 0 aliphatic carbocycles. The normalized spacial score (nSPS) is 16.3. The number of rotatable bonds is 6. The van der Waals surface area contributed by atoms with E-state index < -0.39 is 11.7 Å². The first-order valence-electron chi connectivity index (χ1n) is 8.53. The number of hydrogen-bond acceptors (Lipinski definition) is 4. The molecule has 140 valence electrons. The van der Waals surface area contributed by atoms with Gasteiger partial charge in [0.1, 0.15) is 5.82 Å². The van der Waals surface area contributed by atoms with Gasteiger partial charge in [-0.1, -0.05) is 13.8 Å². The van der Waals surface area contributed by atoms with Gasteiger partial charge in [-0.2, -0.15) is 13.2 Å². The van der Waals surface area contributed by atoms with Crippen LogP contribution in [0.5, 0.6) is 0 Å². The van der Waals surface area contributed by atoms with Crippen molar-refractivity contribution in [2.45, 2.75) is 26.4 Å². The molecule has 0 unspecified atom stereocenters. The van der Waals surface area contributed by atoms with Crippen LogP contribution < -0.4 is 10.2 Å². The summed E-state index contributed by atoms with van der Waals surface area (Å²) >= 11 is 0. The summed E-state index contributed by atoms with van der Waals surface area (Å²) in [7, 11) is 0. The molecule has 1 aromatic heterocycles. The number of nitrogens with zero attached hydrogens (tertiary/aromatic N) is 3. The van der Waals surface area contributed by atoms with E-state index in [0.717, 1.165) is 18.7 Å². The second-order valence-electron chi connectivity index (χ2n) is 6.70. The predicted octanol–water partition coefficient (Wildman–Crippen LogP) is 2.38. The van der Waals surface area contributed by atoms with E-state index in [2.05, 4.69) is 24.1 Å². The first kappa shape index (κ1) is 19.5. The van der Waals surface area contributed by atoms with Crippen LogP contribution in [0, 0.1) is 5.92 Å². The molecule has 0 atom stereocenters. The topological polar surface area (TPSA) is 48.5 Å². The highest BCUT2D eigenvalue weighted by molar-refractivity contribution is 5.78. The van der Waals surface area contributed by atoms with Gasteiger partial charge < -0.3 is 10.2 Å². The Labute approximate surface area is 146 Å². The molecule has 5 nitrogen and oxygen atoms in total. The standard InChI is InChI=1S/C17H25F3N4O/c1-13(2)5-6-21-16(25)12-23-7-9-24(10-8-23)15-4-3-14(11-22-15)17(18,19)20/h3-4,11,13H,5-10,12H2,1-2H3,(H,21,25). The number of hydrogen-bond donors (Lipinski definition) is 1. The van der Waals surface area contributed by atoms with Crippen molar-refractivity contribution in [1.82, 2.24) is 15.2 Å². The number of nitrogens with one attached hydrogen (secondary N) is 1. The first-order chi connectivity index (χ1) is 11.8. The Morgan fingerprint density at radius 1 is 1.24 bits per heavy atom. The van der Waals surface area contributed by atoms with Crippen LogP contribution in [0.1, 0.15) is 25.8 Å². The zero-order valence-corrected chi connectivity index (χ0v) is 14.6. The lowest BCUT2D eigenvalue weighted by molar-refractivity contribution is -0.137. The molecule has 8 heteroatoms. The molecule has 0 aromatic carbocycles. The molecular weight excluding hydrogens is 333 g/mol. The van der Waals surface area contributed by atoms with Crippen molar-refractivity contribution in [1.29, 1.82) is 0 Å². The third-order valence-corrected chi connectivity index (χ3v) is 4.18. The fourth-order valence-electron chi connectivity index (χ4n) is 2.64. The third-order valence-electron chi connectivity index (χ3n) is 4.18. The minimum atomic E-state index is -4.37. The smallest absolute Gasteiger partial charge is 0.355 e. The first-order valence-corrected chi connectivity index (χ1v) is 8.53. The second kappa shape index (κ2) is 8.51. The van der Waals surface area contributed by atoms with E-state index in [9.17, 15) is 18.0 Å². The van der Waals surface area contributed by atoms with Gasteiger partial charge in [-0.25, -0.2) is 4.98 Å². The second-order valence-corrected chi connectivity index (χ2v) is 6.70. The minimum Gasteiger partial charge on any atom is -0.355 e. The van der Waals surface area contributed by atoms with Crippen LogP contribution >= 0.6 is 0 Å². The van der Waals surface area contributed by atoms with Gasteiger partial charge in [0.25, 0.3) is 0 Å². The molecule has 1 saturated heterocycles. The zero-order valence-electron chi connectivity index (χ0n) is 14.6. The van der Waals surface area contributed by atoms with E-state index in [0.29, 0.717) is 51.0 Å². The van der Waals surface area contributed by atoms with Crippen molar-refractivity contribution in [3.63, 3.8) is 0 Å². The van der Waals surface area contributed by atoms with E-state index in [1.807, 2.05) is 9.80 Å². The summed E-state index contributed by atoms with van der Waals surface area (Å²) in [5, 5.41) is 2.91.